The Balaban J connectivity index is 2.39. The number of carbonyl (C=O) groups is 2. The fourth-order valence-electron chi connectivity index (χ4n) is 1.08. The fourth-order valence-corrected chi connectivity index (χ4v) is 1.67. The van der Waals surface area contributed by atoms with Crippen molar-refractivity contribution in [3.63, 3.8) is 0 Å². The van der Waals surface area contributed by atoms with Gasteiger partial charge >= 0.3 is 11.8 Å². The zero-order chi connectivity index (χ0) is 12.0. The van der Waals surface area contributed by atoms with Crippen molar-refractivity contribution in [2.45, 2.75) is 19.4 Å². The number of aliphatic hydroxyl groups excluding tert-OH is 1. The van der Waals surface area contributed by atoms with E-state index in [1.165, 1.54) is 11.3 Å². The van der Waals surface area contributed by atoms with Gasteiger partial charge in [0.1, 0.15) is 0 Å². The number of aliphatic hydroxyl groups is 1. The van der Waals surface area contributed by atoms with Gasteiger partial charge in [-0.05, 0) is 24.8 Å². The van der Waals surface area contributed by atoms with Crippen LogP contribution in [0.15, 0.2) is 16.8 Å². The van der Waals surface area contributed by atoms with Crippen molar-refractivity contribution in [1.82, 2.24) is 5.32 Å². The molecule has 1 aromatic heterocycles. The van der Waals surface area contributed by atoms with E-state index in [-0.39, 0.29) is 12.6 Å². The first-order valence-electron chi connectivity index (χ1n) is 4.88. The molecule has 0 saturated heterocycles. The number of anilines is 1. The van der Waals surface area contributed by atoms with E-state index in [4.69, 9.17) is 5.11 Å². The fraction of sp³-hybridized carbons (Fsp3) is 0.400. The quantitative estimate of drug-likeness (QED) is 0.676. The van der Waals surface area contributed by atoms with Crippen molar-refractivity contribution >= 4 is 28.8 Å². The van der Waals surface area contributed by atoms with E-state index in [1.807, 2.05) is 5.38 Å². The molecule has 1 atom stereocenters. The van der Waals surface area contributed by atoms with Gasteiger partial charge in [0.2, 0.25) is 0 Å². The lowest BCUT2D eigenvalue weighted by atomic mass is 10.2. The largest absolute Gasteiger partial charge is 0.396 e. The molecule has 6 heteroatoms. The Morgan fingerprint density at radius 1 is 1.50 bits per heavy atom. The monoisotopic (exact) mass is 242 g/mol. The molecule has 0 aliphatic heterocycles. The van der Waals surface area contributed by atoms with Gasteiger partial charge in [0.05, 0.1) is 5.69 Å². The summed E-state index contributed by atoms with van der Waals surface area (Å²) in [5.41, 5.74) is 0.611. The lowest BCUT2D eigenvalue weighted by Gasteiger charge is -2.11. The Labute approximate surface area is 97.5 Å². The van der Waals surface area contributed by atoms with Crippen LogP contribution in [-0.2, 0) is 9.59 Å². The number of amides is 2. The van der Waals surface area contributed by atoms with Crippen molar-refractivity contribution in [3.8, 4) is 0 Å². The summed E-state index contributed by atoms with van der Waals surface area (Å²) in [6, 6.07) is 1.50. The molecule has 0 aromatic carbocycles. The first-order chi connectivity index (χ1) is 7.63. The second-order valence-corrected chi connectivity index (χ2v) is 4.13. The molecule has 1 rings (SSSR count). The highest BCUT2D eigenvalue weighted by atomic mass is 32.1. The topological polar surface area (TPSA) is 78.4 Å². The van der Waals surface area contributed by atoms with Gasteiger partial charge in [0, 0.05) is 18.0 Å². The van der Waals surface area contributed by atoms with E-state index in [0.717, 1.165) is 0 Å². The molecule has 0 spiro atoms. The first-order valence-corrected chi connectivity index (χ1v) is 5.82. The second kappa shape index (κ2) is 6.24. The minimum Gasteiger partial charge on any atom is -0.396 e. The van der Waals surface area contributed by atoms with Crippen LogP contribution in [-0.4, -0.2) is 29.6 Å². The molecule has 0 aliphatic carbocycles. The molecular weight excluding hydrogens is 228 g/mol. The molecule has 1 aromatic rings. The van der Waals surface area contributed by atoms with Gasteiger partial charge in [0.15, 0.2) is 0 Å². The summed E-state index contributed by atoms with van der Waals surface area (Å²) in [6.45, 7) is 1.71. The van der Waals surface area contributed by atoms with E-state index in [2.05, 4.69) is 10.6 Å². The van der Waals surface area contributed by atoms with E-state index in [1.54, 1.807) is 18.4 Å². The highest BCUT2D eigenvalue weighted by molar-refractivity contribution is 7.08. The summed E-state index contributed by atoms with van der Waals surface area (Å²) in [5, 5.41) is 17.1. The van der Waals surface area contributed by atoms with Crippen LogP contribution in [0.3, 0.4) is 0 Å². The van der Waals surface area contributed by atoms with E-state index in [0.29, 0.717) is 12.1 Å². The normalized spacial score (nSPS) is 11.9. The summed E-state index contributed by atoms with van der Waals surface area (Å²) in [6.07, 6.45) is 0.428. The van der Waals surface area contributed by atoms with Crippen molar-refractivity contribution in [2.24, 2.45) is 0 Å². The molecule has 0 bridgehead atoms. The molecular formula is C10H14N2O3S. The zero-order valence-electron chi connectivity index (χ0n) is 8.90. The van der Waals surface area contributed by atoms with Crippen LogP contribution in [0.2, 0.25) is 0 Å². The van der Waals surface area contributed by atoms with E-state index >= 15 is 0 Å². The smallest absolute Gasteiger partial charge is 0.313 e. The lowest BCUT2D eigenvalue weighted by molar-refractivity contribution is -0.136. The Bertz CT molecular complexity index is 351. The third-order valence-corrected chi connectivity index (χ3v) is 2.61. The number of hydrogen-bond donors (Lipinski definition) is 3. The Morgan fingerprint density at radius 2 is 2.25 bits per heavy atom. The standard InChI is InChI=1S/C10H14N2O3S/c1-7(2-4-13)11-9(14)10(15)12-8-3-5-16-6-8/h3,5-7,13H,2,4H2,1H3,(H,11,14)(H,12,15)/t7-/m1/s1. The van der Waals surface area contributed by atoms with Crippen molar-refractivity contribution in [3.05, 3.63) is 16.8 Å². The van der Waals surface area contributed by atoms with Crippen LogP contribution in [0.25, 0.3) is 0 Å². The summed E-state index contributed by atoms with van der Waals surface area (Å²) in [4.78, 5) is 22.7. The number of thiophene rings is 1. The van der Waals surface area contributed by atoms with Crippen LogP contribution in [0.4, 0.5) is 5.69 Å². The van der Waals surface area contributed by atoms with Crippen molar-refractivity contribution in [2.75, 3.05) is 11.9 Å². The molecule has 2 amide bonds. The van der Waals surface area contributed by atoms with Gasteiger partial charge in [-0.15, -0.1) is 0 Å². The molecule has 3 N–H and O–H groups in total. The van der Waals surface area contributed by atoms with Crippen molar-refractivity contribution in [1.29, 1.82) is 0 Å². The number of nitrogens with one attached hydrogen (secondary N) is 2. The summed E-state index contributed by atoms with van der Waals surface area (Å²) in [5.74, 6) is -1.38. The SMILES string of the molecule is C[C@H](CCO)NC(=O)C(=O)Nc1ccsc1. The highest BCUT2D eigenvalue weighted by Gasteiger charge is 2.15. The highest BCUT2D eigenvalue weighted by Crippen LogP contribution is 2.11. The Morgan fingerprint density at radius 3 is 2.81 bits per heavy atom. The second-order valence-electron chi connectivity index (χ2n) is 3.35. The maximum absolute atomic E-state index is 11.4. The third kappa shape index (κ3) is 4.00. The van der Waals surface area contributed by atoms with Gasteiger partial charge in [-0.3, -0.25) is 9.59 Å². The molecule has 16 heavy (non-hydrogen) atoms. The van der Waals surface area contributed by atoms with Crippen LogP contribution in [0, 0.1) is 0 Å². The Hall–Kier alpha value is -1.40. The minimum absolute atomic E-state index is 0.0202. The average Bonchev–Trinajstić information content (AvgIpc) is 2.70. The molecule has 0 radical (unpaired) electrons. The Kier molecular flexibility index (Phi) is 4.94. The summed E-state index contributed by atoms with van der Waals surface area (Å²) >= 11 is 1.44. The number of hydrogen-bond acceptors (Lipinski definition) is 4. The summed E-state index contributed by atoms with van der Waals surface area (Å²) in [7, 11) is 0. The first kappa shape index (κ1) is 12.7. The van der Waals surface area contributed by atoms with E-state index in [9.17, 15) is 9.59 Å². The van der Waals surface area contributed by atoms with Crippen LogP contribution < -0.4 is 10.6 Å². The number of rotatable bonds is 4. The molecule has 1 heterocycles. The predicted octanol–water partition coefficient (Wildman–Crippen LogP) is 0.574. The van der Waals surface area contributed by atoms with Gasteiger partial charge in [-0.25, -0.2) is 0 Å². The van der Waals surface area contributed by atoms with Crippen LogP contribution in [0.1, 0.15) is 13.3 Å². The molecule has 0 fully saturated rings. The van der Waals surface area contributed by atoms with Gasteiger partial charge in [-0.1, -0.05) is 0 Å². The molecule has 0 unspecified atom stereocenters. The van der Waals surface area contributed by atoms with Crippen molar-refractivity contribution < 1.29 is 14.7 Å². The maximum atomic E-state index is 11.4. The van der Waals surface area contributed by atoms with Gasteiger partial charge < -0.3 is 15.7 Å². The zero-order valence-corrected chi connectivity index (χ0v) is 9.71. The minimum atomic E-state index is -0.691. The molecule has 0 saturated carbocycles. The molecule has 88 valence electrons. The van der Waals surface area contributed by atoms with Crippen LogP contribution >= 0.6 is 11.3 Å². The molecule has 0 aliphatic rings. The maximum Gasteiger partial charge on any atom is 0.313 e. The van der Waals surface area contributed by atoms with Crippen LogP contribution in [0.5, 0.6) is 0 Å². The molecule has 5 nitrogen and oxygen atoms in total. The van der Waals surface area contributed by atoms with Gasteiger partial charge in [-0.2, -0.15) is 11.3 Å². The number of carbonyl (C=O) groups excluding carboxylic acids is 2. The van der Waals surface area contributed by atoms with E-state index < -0.39 is 11.8 Å². The average molecular weight is 242 g/mol. The predicted molar refractivity (Wildman–Crippen MR) is 62.3 cm³/mol. The summed E-state index contributed by atoms with van der Waals surface area (Å²) < 4.78 is 0. The van der Waals surface area contributed by atoms with Gasteiger partial charge in [0.25, 0.3) is 0 Å². The third-order valence-electron chi connectivity index (χ3n) is 1.92. The lowest BCUT2D eigenvalue weighted by Crippen LogP contribution is -2.40.